The summed E-state index contributed by atoms with van der Waals surface area (Å²) in [4.78, 5) is 37.8. The summed E-state index contributed by atoms with van der Waals surface area (Å²) in [5.41, 5.74) is 1.96. The van der Waals surface area contributed by atoms with Crippen molar-refractivity contribution < 1.29 is 23.9 Å². The van der Waals surface area contributed by atoms with Crippen molar-refractivity contribution in [3.8, 4) is 11.5 Å². The molecule has 0 spiro atoms. The topological polar surface area (TPSA) is 69.7 Å². The number of rotatable bonds is 2. The third-order valence-corrected chi connectivity index (χ3v) is 4.40. The van der Waals surface area contributed by atoms with Gasteiger partial charge in [0.15, 0.2) is 17.3 Å². The van der Waals surface area contributed by atoms with E-state index in [0.29, 0.717) is 28.0 Å². The van der Waals surface area contributed by atoms with Crippen molar-refractivity contribution in [2.45, 2.75) is 6.42 Å². The van der Waals surface area contributed by atoms with Gasteiger partial charge in [-0.25, -0.2) is 0 Å². The fourth-order valence-corrected chi connectivity index (χ4v) is 3.37. The van der Waals surface area contributed by atoms with E-state index in [4.69, 9.17) is 9.47 Å². The van der Waals surface area contributed by atoms with E-state index in [9.17, 15) is 14.4 Å². The molecule has 4 rings (SSSR count). The molecule has 0 aromatic heterocycles. The fourth-order valence-electron chi connectivity index (χ4n) is 3.37. The van der Waals surface area contributed by atoms with Gasteiger partial charge in [0.1, 0.15) is 11.5 Å². The standard InChI is InChI=1S/C18H12O5/c1-22-17-10-7-11(19)12(10)18(23-2)14-13(17)15(20)8-5-3-4-6-9(8)16(14)21/h3-6H,7H2,1-2H3. The van der Waals surface area contributed by atoms with Crippen LogP contribution < -0.4 is 9.47 Å². The van der Waals surface area contributed by atoms with E-state index in [1.807, 2.05) is 0 Å². The van der Waals surface area contributed by atoms with E-state index in [2.05, 4.69) is 0 Å². The number of ether oxygens (including phenoxy) is 2. The highest BCUT2D eigenvalue weighted by atomic mass is 16.5. The number of carbonyl (C=O) groups excluding carboxylic acids is 3. The van der Waals surface area contributed by atoms with Crippen LogP contribution in [0.15, 0.2) is 24.3 Å². The minimum atomic E-state index is -0.326. The Bertz CT molecular complexity index is 923. The van der Waals surface area contributed by atoms with E-state index in [0.717, 1.165) is 0 Å². The normalized spacial score (nSPS) is 14.6. The lowest BCUT2D eigenvalue weighted by Crippen LogP contribution is -2.29. The average Bonchev–Trinajstić information content (AvgIpc) is 2.57. The van der Waals surface area contributed by atoms with Crippen molar-refractivity contribution in [3.63, 3.8) is 0 Å². The first-order chi connectivity index (χ1) is 11.1. The molecule has 23 heavy (non-hydrogen) atoms. The Morgan fingerprint density at radius 3 is 1.78 bits per heavy atom. The summed E-state index contributed by atoms with van der Waals surface area (Å²) >= 11 is 0. The summed E-state index contributed by atoms with van der Waals surface area (Å²) in [6.45, 7) is 0. The maximum atomic E-state index is 12.9. The largest absolute Gasteiger partial charge is 0.496 e. The molecule has 0 bridgehead atoms. The maximum absolute atomic E-state index is 12.9. The van der Waals surface area contributed by atoms with E-state index in [1.165, 1.54) is 14.2 Å². The predicted molar refractivity (Wildman–Crippen MR) is 80.9 cm³/mol. The summed E-state index contributed by atoms with van der Waals surface area (Å²) in [7, 11) is 2.83. The molecule has 0 aliphatic heterocycles. The number of hydrogen-bond donors (Lipinski definition) is 0. The van der Waals surface area contributed by atoms with Crippen molar-refractivity contribution >= 4 is 17.3 Å². The van der Waals surface area contributed by atoms with Crippen LogP contribution in [-0.2, 0) is 6.42 Å². The number of Topliss-reactive ketones (excluding diaryl/α,β-unsaturated/α-hetero) is 1. The highest BCUT2D eigenvalue weighted by Gasteiger charge is 2.43. The first-order valence-electron chi connectivity index (χ1n) is 7.12. The van der Waals surface area contributed by atoms with Crippen LogP contribution in [0.4, 0.5) is 0 Å². The molecule has 0 saturated heterocycles. The van der Waals surface area contributed by atoms with Crippen LogP contribution in [0.2, 0.25) is 0 Å². The second-order valence-corrected chi connectivity index (χ2v) is 5.47. The monoisotopic (exact) mass is 308 g/mol. The van der Waals surface area contributed by atoms with Crippen LogP contribution >= 0.6 is 0 Å². The van der Waals surface area contributed by atoms with Crippen LogP contribution in [0.25, 0.3) is 0 Å². The molecule has 0 unspecified atom stereocenters. The zero-order valence-electron chi connectivity index (χ0n) is 12.6. The zero-order chi connectivity index (χ0) is 16.3. The van der Waals surface area contributed by atoms with Gasteiger partial charge in [-0.1, -0.05) is 24.3 Å². The van der Waals surface area contributed by atoms with Crippen LogP contribution in [0.5, 0.6) is 11.5 Å². The second-order valence-electron chi connectivity index (χ2n) is 5.47. The van der Waals surface area contributed by atoms with Crippen LogP contribution in [0.3, 0.4) is 0 Å². The maximum Gasteiger partial charge on any atom is 0.198 e. The van der Waals surface area contributed by atoms with E-state index in [-0.39, 0.29) is 40.6 Å². The Kier molecular flexibility index (Phi) is 2.69. The third kappa shape index (κ3) is 1.54. The summed E-state index contributed by atoms with van der Waals surface area (Å²) in [5.74, 6) is -0.236. The SMILES string of the molecule is COc1c2c(c(OC)c3c1C(=O)c1ccccc1C3=O)C(=O)C2. The lowest BCUT2D eigenvalue weighted by molar-refractivity contribution is 0.0949. The molecule has 5 heteroatoms. The molecule has 0 amide bonds. The first-order valence-corrected chi connectivity index (χ1v) is 7.12. The first kappa shape index (κ1) is 13.7. The molecule has 2 aliphatic carbocycles. The lowest BCUT2D eigenvalue weighted by atomic mass is 9.75. The third-order valence-electron chi connectivity index (χ3n) is 4.40. The molecule has 2 aliphatic rings. The van der Waals surface area contributed by atoms with E-state index in [1.54, 1.807) is 24.3 Å². The lowest BCUT2D eigenvalue weighted by Gasteiger charge is -2.29. The van der Waals surface area contributed by atoms with Crippen molar-refractivity contribution in [2.75, 3.05) is 14.2 Å². The molecule has 0 heterocycles. The zero-order valence-corrected chi connectivity index (χ0v) is 12.6. The van der Waals surface area contributed by atoms with Crippen molar-refractivity contribution in [2.24, 2.45) is 0 Å². The number of ketones is 3. The summed E-state index contributed by atoms with van der Waals surface area (Å²) in [6, 6.07) is 6.63. The van der Waals surface area contributed by atoms with Gasteiger partial charge in [-0.3, -0.25) is 14.4 Å². The molecule has 0 fully saturated rings. The molecule has 114 valence electrons. The Balaban J connectivity index is 2.14. The summed E-state index contributed by atoms with van der Waals surface area (Å²) in [6.07, 6.45) is 0.186. The molecular formula is C18H12O5. The molecular weight excluding hydrogens is 296 g/mol. The van der Waals surface area contributed by atoms with Gasteiger partial charge in [-0.15, -0.1) is 0 Å². The molecule has 0 N–H and O–H groups in total. The molecule has 0 saturated carbocycles. The highest BCUT2D eigenvalue weighted by molar-refractivity contribution is 6.32. The number of benzene rings is 2. The van der Waals surface area contributed by atoms with Crippen LogP contribution in [0, 0.1) is 0 Å². The minimum Gasteiger partial charge on any atom is -0.496 e. The Morgan fingerprint density at radius 2 is 1.30 bits per heavy atom. The highest BCUT2D eigenvalue weighted by Crippen LogP contribution is 2.47. The summed E-state index contributed by atoms with van der Waals surface area (Å²) < 4.78 is 10.7. The number of carbonyl (C=O) groups is 3. The summed E-state index contributed by atoms with van der Waals surface area (Å²) in [5, 5.41) is 0. The van der Waals surface area contributed by atoms with Crippen LogP contribution in [0.1, 0.15) is 47.8 Å². The second kappa shape index (κ2) is 4.52. The smallest absolute Gasteiger partial charge is 0.198 e. The molecule has 0 radical (unpaired) electrons. The van der Waals surface area contributed by atoms with Crippen LogP contribution in [-0.4, -0.2) is 31.6 Å². The number of fused-ring (bicyclic) bond motifs is 3. The molecule has 2 aromatic carbocycles. The molecule has 5 nitrogen and oxygen atoms in total. The van der Waals surface area contributed by atoms with E-state index < -0.39 is 0 Å². The fraction of sp³-hybridized carbons (Fsp3) is 0.167. The van der Waals surface area contributed by atoms with Crippen molar-refractivity contribution in [3.05, 3.63) is 57.6 Å². The van der Waals surface area contributed by atoms with Gasteiger partial charge in [0.2, 0.25) is 0 Å². The predicted octanol–water partition coefficient (Wildman–Crippen LogP) is 2.22. The van der Waals surface area contributed by atoms with Gasteiger partial charge < -0.3 is 9.47 Å². The number of methoxy groups -OCH3 is 2. The molecule has 2 aromatic rings. The van der Waals surface area contributed by atoms with Crippen molar-refractivity contribution in [1.82, 2.24) is 0 Å². The average molecular weight is 308 g/mol. The van der Waals surface area contributed by atoms with Crippen molar-refractivity contribution in [1.29, 1.82) is 0 Å². The van der Waals surface area contributed by atoms with Gasteiger partial charge >= 0.3 is 0 Å². The Hall–Kier alpha value is -2.95. The quantitative estimate of drug-likeness (QED) is 0.726. The molecule has 0 atom stereocenters. The Labute approximate surface area is 131 Å². The van der Waals surface area contributed by atoms with E-state index >= 15 is 0 Å². The Morgan fingerprint density at radius 1 is 0.783 bits per heavy atom. The van der Waals surface area contributed by atoms with Gasteiger partial charge in [0.05, 0.1) is 30.9 Å². The minimum absolute atomic E-state index is 0.114. The van der Waals surface area contributed by atoms with Gasteiger partial charge in [0, 0.05) is 23.1 Å². The van der Waals surface area contributed by atoms with Gasteiger partial charge in [-0.2, -0.15) is 0 Å². The van der Waals surface area contributed by atoms with Gasteiger partial charge in [-0.05, 0) is 0 Å². The number of hydrogen-bond acceptors (Lipinski definition) is 5. The van der Waals surface area contributed by atoms with Gasteiger partial charge in [0.25, 0.3) is 0 Å².